The van der Waals surface area contributed by atoms with Crippen LogP contribution in [0.5, 0.6) is 5.75 Å². The smallest absolute Gasteiger partial charge is 0.310 e. The number of benzene rings is 1. The van der Waals surface area contributed by atoms with Crippen LogP contribution in [0.15, 0.2) is 29.3 Å². The van der Waals surface area contributed by atoms with Gasteiger partial charge < -0.3 is 9.47 Å². The summed E-state index contributed by atoms with van der Waals surface area (Å²) in [6, 6.07) is 2.73. The van der Waals surface area contributed by atoms with Gasteiger partial charge in [-0.2, -0.15) is 0 Å². The van der Waals surface area contributed by atoms with Crippen LogP contribution in [0.4, 0.5) is 4.39 Å². The van der Waals surface area contributed by atoms with E-state index < -0.39 is 11.8 Å². The molecule has 0 aromatic heterocycles. The highest BCUT2D eigenvalue weighted by atomic mass is 79.9. The predicted octanol–water partition coefficient (Wildman–Crippen LogP) is 2.87. The van der Waals surface area contributed by atoms with Crippen molar-refractivity contribution in [1.82, 2.24) is 0 Å². The summed E-state index contributed by atoms with van der Waals surface area (Å²) in [5.74, 6) is -0.515. The van der Waals surface area contributed by atoms with Crippen LogP contribution in [0.1, 0.15) is 5.56 Å². The summed E-state index contributed by atoms with van der Waals surface area (Å²) < 4.78 is 23.8. The zero-order valence-corrected chi connectivity index (χ0v) is 10.9. The number of hydrogen-bond donors (Lipinski definition) is 0. The summed E-state index contributed by atoms with van der Waals surface area (Å²) in [6.45, 7) is 3.83. The first-order valence-corrected chi connectivity index (χ1v) is 5.66. The second-order valence-electron chi connectivity index (χ2n) is 3.23. The Hall–Kier alpha value is -1.36. The molecule has 0 aliphatic heterocycles. The third-order valence-electron chi connectivity index (χ3n) is 2.02. The maximum absolute atomic E-state index is 13.5. The molecule has 0 fully saturated rings. The van der Waals surface area contributed by atoms with Crippen molar-refractivity contribution < 1.29 is 18.7 Å². The Kier molecular flexibility index (Phi) is 5.15. The summed E-state index contributed by atoms with van der Waals surface area (Å²) in [4.78, 5) is 11.1. The standard InChI is InChI=1S/C12H12BrFO3/c1-3-4-17-11-5-8(6-12(15)16-2)10(14)7-9(11)13/h3,5,7H,1,4,6H2,2H3. The quantitative estimate of drug-likeness (QED) is 0.620. The van der Waals surface area contributed by atoms with E-state index in [-0.39, 0.29) is 12.0 Å². The van der Waals surface area contributed by atoms with Crippen LogP contribution in [-0.4, -0.2) is 19.7 Å². The summed E-state index contributed by atoms with van der Waals surface area (Å²) in [6.07, 6.45) is 1.45. The van der Waals surface area contributed by atoms with E-state index in [1.165, 1.54) is 19.2 Å². The molecule has 0 radical (unpaired) electrons. The largest absolute Gasteiger partial charge is 0.488 e. The molecule has 1 aromatic rings. The summed E-state index contributed by atoms with van der Waals surface area (Å²) in [7, 11) is 1.26. The van der Waals surface area contributed by atoms with Crippen LogP contribution in [0.25, 0.3) is 0 Å². The molecule has 92 valence electrons. The SMILES string of the molecule is C=CCOc1cc(CC(=O)OC)c(F)cc1Br. The minimum Gasteiger partial charge on any atom is -0.488 e. The number of rotatable bonds is 5. The van der Waals surface area contributed by atoms with Crippen LogP contribution >= 0.6 is 15.9 Å². The lowest BCUT2D eigenvalue weighted by molar-refractivity contribution is -0.139. The van der Waals surface area contributed by atoms with Crippen molar-refractivity contribution in [2.24, 2.45) is 0 Å². The Labute approximate surface area is 107 Å². The van der Waals surface area contributed by atoms with Gasteiger partial charge in [-0.25, -0.2) is 4.39 Å². The third-order valence-corrected chi connectivity index (χ3v) is 2.64. The van der Waals surface area contributed by atoms with Gasteiger partial charge in [-0.15, -0.1) is 0 Å². The molecule has 0 spiro atoms. The average Bonchev–Trinajstić information content (AvgIpc) is 2.30. The molecule has 0 aliphatic carbocycles. The van der Waals surface area contributed by atoms with Crippen molar-refractivity contribution in [1.29, 1.82) is 0 Å². The molecule has 0 bridgehead atoms. The lowest BCUT2D eigenvalue weighted by Gasteiger charge is -2.09. The van der Waals surface area contributed by atoms with Gasteiger partial charge in [0.25, 0.3) is 0 Å². The number of carbonyl (C=O) groups is 1. The first-order valence-electron chi connectivity index (χ1n) is 4.87. The topological polar surface area (TPSA) is 35.5 Å². The second-order valence-corrected chi connectivity index (χ2v) is 4.08. The number of ether oxygens (including phenoxy) is 2. The molecule has 0 heterocycles. The summed E-state index contributed by atoms with van der Waals surface area (Å²) in [5, 5.41) is 0. The van der Waals surface area contributed by atoms with Gasteiger partial charge in [0.05, 0.1) is 18.0 Å². The maximum atomic E-state index is 13.5. The van der Waals surface area contributed by atoms with E-state index in [1.54, 1.807) is 6.08 Å². The maximum Gasteiger partial charge on any atom is 0.310 e. The molecule has 0 saturated heterocycles. The van der Waals surface area contributed by atoms with Crippen molar-refractivity contribution in [2.45, 2.75) is 6.42 Å². The van der Waals surface area contributed by atoms with E-state index in [0.717, 1.165) is 0 Å². The van der Waals surface area contributed by atoms with Crippen LogP contribution in [0, 0.1) is 5.82 Å². The number of esters is 1. The molecule has 0 saturated carbocycles. The van der Waals surface area contributed by atoms with Crippen LogP contribution < -0.4 is 4.74 Å². The van der Waals surface area contributed by atoms with E-state index in [9.17, 15) is 9.18 Å². The van der Waals surface area contributed by atoms with E-state index in [1.807, 2.05) is 0 Å². The number of carbonyl (C=O) groups excluding carboxylic acids is 1. The minimum absolute atomic E-state index is 0.125. The van der Waals surface area contributed by atoms with Gasteiger partial charge in [-0.1, -0.05) is 12.7 Å². The van der Waals surface area contributed by atoms with E-state index in [4.69, 9.17) is 4.74 Å². The highest BCUT2D eigenvalue weighted by molar-refractivity contribution is 9.10. The molecular formula is C12H12BrFO3. The summed E-state index contributed by atoms with van der Waals surface area (Å²) in [5.41, 5.74) is 0.235. The van der Waals surface area contributed by atoms with E-state index in [2.05, 4.69) is 27.2 Å². The lowest BCUT2D eigenvalue weighted by Crippen LogP contribution is -2.07. The fourth-order valence-electron chi connectivity index (χ4n) is 1.19. The Balaban J connectivity index is 2.96. The molecular weight excluding hydrogens is 291 g/mol. The third kappa shape index (κ3) is 3.85. The van der Waals surface area contributed by atoms with Gasteiger partial charge in [-0.3, -0.25) is 4.79 Å². The molecule has 1 aromatic carbocycles. The summed E-state index contributed by atoms with van der Waals surface area (Å²) >= 11 is 3.18. The molecule has 0 N–H and O–H groups in total. The van der Waals surface area contributed by atoms with Gasteiger partial charge in [-0.05, 0) is 28.1 Å². The molecule has 0 atom stereocenters. The van der Waals surface area contributed by atoms with Gasteiger partial charge >= 0.3 is 5.97 Å². The highest BCUT2D eigenvalue weighted by Gasteiger charge is 2.12. The van der Waals surface area contributed by atoms with E-state index in [0.29, 0.717) is 16.8 Å². The molecule has 0 unspecified atom stereocenters. The number of halogens is 2. The molecule has 1 rings (SSSR count). The first kappa shape index (κ1) is 13.7. The Morgan fingerprint density at radius 3 is 2.88 bits per heavy atom. The van der Waals surface area contributed by atoms with Crippen LogP contribution in [-0.2, 0) is 16.0 Å². The zero-order valence-electron chi connectivity index (χ0n) is 9.33. The predicted molar refractivity (Wildman–Crippen MR) is 65.5 cm³/mol. The molecule has 5 heteroatoms. The van der Waals surface area contributed by atoms with Gasteiger partial charge in [0.2, 0.25) is 0 Å². The van der Waals surface area contributed by atoms with Crippen molar-refractivity contribution in [3.8, 4) is 5.75 Å². The fourth-order valence-corrected chi connectivity index (χ4v) is 1.62. The number of methoxy groups -OCH3 is 1. The normalized spacial score (nSPS) is 9.82. The average molecular weight is 303 g/mol. The minimum atomic E-state index is -0.499. The highest BCUT2D eigenvalue weighted by Crippen LogP contribution is 2.28. The van der Waals surface area contributed by atoms with Crippen LogP contribution in [0.2, 0.25) is 0 Å². The molecule has 3 nitrogen and oxygen atoms in total. The lowest BCUT2D eigenvalue weighted by atomic mass is 10.1. The van der Waals surface area contributed by atoms with Crippen molar-refractivity contribution in [3.63, 3.8) is 0 Å². The first-order chi connectivity index (χ1) is 8.08. The van der Waals surface area contributed by atoms with Crippen molar-refractivity contribution in [3.05, 3.63) is 40.6 Å². The Morgan fingerprint density at radius 1 is 1.59 bits per heavy atom. The van der Waals surface area contributed by atoms with E-state index >= 15 is 0 Å². The fraction of sp³-hybridized carbons (Fsp3) is 0.250. The number of hydrogen-bond acceptors (Lipinski definition) is 3. The Bertz CT molecular complexity index is 432. The van der Waals surface area contributed by atoms with Crippen molar-refractivity contribution >= 4 is 21.9 Å². The van der Waals surface area contributed by atoms with Crippen LogP contribution in [0.3, 0.4) is 0 Å². The monoisotopic (exact) mass is 302 g/mol. The van der Waals surface area contributed by atoms with Crippen molar-refractivity contribution in [2.75, 3.05) is 13.7 Å². The molecule has 0 aliphatic rings. The van der Waals surface area contributed by atoms with Gasteiger partial charge in [0, 0.05) is 5.56 Å². The molecule has 0 amide bonds. The molecule has 17 heavy (non-hydrogen) atoms. The Morgan fingerprint density at radius 2 is 2.29 bits per heavy atom. The van der Waals surface area contributed by atoms with Gasteiger partial charge in [0.1, 0.15) is 18.2 Å². The zero-order chi connectivity index (χ0) is 12.8. The second kappa shape index (κ2) is 6.39. The van der Waals surface area contributed by atoms with Gasteiger partial charge in [0.15, 0.2) is 0 Å².